The van der Waals surface area contributed by atoms with Gasteiger partial charge in [0.25, 0.3) is 0 Å². The van der Waals surface area contributed by atoms with Gasteiger partial charge in [-0.2, -0.15) is 0 Å². The van der Waals surface area contributed by atoms with E-state index >= 15 is 0 Å². The van der Waals surface area contributed by atoms with E-state index in [1.165, 1.54) is 5.56 Å². The second kappa shape index (κ2) is 8.69. The van der Waals surface area contributed by atoms with Crippen molar-refractivity contribution in [2.24, 2.45) is 0 Å². The molecule has 0 fully saturated rings. The van der Waals surface area contributed by atoms with Crippen molar-refractivity contribution >= 4 is 39.0 Å². The molecule has 0 spiro atoms. The van der Waals surface area contributed by atoms with Gasteiger partial charge < -0.3 is 4.74 Å². The first-order valence-corrected chi connectivity index (χ1v) is 11.6. The first kappa shape index (κ1) is 20.1. The number of thioether (sulfide) groups is 1. The van der Waals surface area contributed by atoms with Gasteiger partial charge in [0.2, 0.25) is 0 Å². The molecule has 8 heteroatoms. The summed E-state index contributed by atoms with van der Waals surface area (Å²) in [6.07, 6.45) is 0. The molecule has 2 aromatic carbocycles. The number of hydrogen-bond acceptors (Lipinski definition) is 6. The van der Waals surface area contributed by atoms with Gasteiger partial charge in [0.15, 0.2) is 5.16 Å². The van der Waals surface area contributed by atoms with Crippen LogP contribution in [0.3, 0.4) is 0 Å². The Kier molecular flexibility index (Phi) is 6.03. The Labute approximate surface area is 186 Å². The normalized spacial score (nSPS) is 11.0. The van der Waals surface area contributed by atoms with Crippen LogP contribution in [0.25, 0.3) is 16.3 Å². The maximum absolute atomic E-state index is 5.49. The van der Waals surface area contributed by atoms with Crippen molar-refractivity contribution in [2.45, 2.75) is 24.8 Å². The highest BCUT2D eigenvalue weighted by atomic mass is 79.9. The zero-order valence-corrected chi connectivity index (χ0v) is 19.4. The molecular formula is C21H19BrN4OS2. The lowest BCUT2D eigenvalue weighted by atomic mass is 10.2. The second-order valence-corrected chi connectivity index (χ2v) is 9.15. The average molecular weight is 487 g/mol. The summed E-state index contributed by atoms with van der Waals surface area (Å²) >= 11 is 6.78. The van der Waals surface area contributed by atoms with Gasteiger partial charge in [-0.1, -0.05) is 45.9 Å². The third-order valence-corrected chi connectivity index (χ3v) is 6.82. The smallest absolute Gasteiger partial charge is 0.196 e. The van der Waals surface area contributed by atoms with Crippen LogP contribution in [-0.2, 0) is 5.75 Å². The first-order chi connectivity index (χ1) is 14.1. The summed E-state index contributed by atoms with van der Waals surface area (Å²) in [7, 11) is 1.68. The maximum Gasteiger partial charge on any atom is 0.196 e. The molecule has 0 unspecified atom stereocenters. The molecule has 4 rings (SSSR count). The Bertz CT molecular complexity index is 1160. The molecule has 2 heterocycles. The van der Waals surface area contributed by atoms with Gasteiger partial charge in [-0.25, -0.2) is 4.98 Å². The molecule has 148 valence electrons. The van der Waals surface area contributed by atoms with Gasteiger partial charge in [0.05, 0.1) is 24.1 Å². The Morgan fingerprint density at radius 1 is 1.14 bits per heavy atom. The average Bonchev–Trinajstić information content (AvgIpc) is 3.33. The highest BCUT2D eigenvalue weighted by Gasteiger charge is 2.15. The number of halogens is 1. The minimum Gasteiger partial charge on any atom is -0.496 e. The van der Waals surface area contributed by atoms with Gasteiger partial charge in [-0.05, 0) is 43.7 Å². The van der Waals surface area contributed by atoms with Gasteiger partial charge in [0.1, 0.15) is 16.6 Å². The third-order valence-electron chi connectivity index (χ3n) is 4.44. The van der Waals surface area contributed by atoms with E-state index < -0.39 is 0 Å². The number of ether oxygens (including phenoxy) is 1. The van der Waals surface area contributed by atoms with E-state index in [-0.39, 0.29) is 0 Å². The molecule has 0 radical (unpaired) electrons. The lowest BCUT2D eigenvalue weighted by Gasteiger charge is -2.10. The molecular weight excluding hydrogens is 468 g/mol. The van der Waals surface area contributed by atoms with Gasteiger partial charge in [-0.3, -0.25) is 4.57 Å². The Morgan fingerprint density at radius 2 is 1.97 bits per heavy atom. The fourth-order valence-electron chi connectivity index (χ4n) is 3.01. The summed E-state index contributed by atoms with van der Waals surface area (Å²) in [5.74, 6) is 2.41. The third kappa shape index (κ3) is 4.24. The molecule has 0 amide bonds. The predicted octanol–water partition coefficient (Wildman–Crippen LogP) is 6.07. The minimum absolute atomic E-state index is 0.719. The molecule has 5 nitrogen and oxygen atoms in total. The number of nitrogens with zero attached hydrogens (tertiary/aromatic N) is 4. The van der Waals surface area contributed by atoms with E-state index in [1.54, 1.807) is 30.2 Å². The molecule has 0 N–H and O–H groups in total. The number of aromatic nitrogens is 4. The summed E-state index contributed by atoms with van der Waals surface area (Å²) in [5, 5.41) is 12.6. The molecule has 0 aliphatic carbocycles. The Hall–Kier alpha value is -2.16. The molecule has 4 aromatic rings. The Morgan fingerprint density at radius 3 is 2.76 bits per heavy atom. The van der Waals surface area contributed by atoms with Crippen LogP contribution in [0.2, 0.25) is 0 Å². The molecule has 0 bridgehead atoms. The van der Waals surface area contributed by atoms with Crippen LogP contribution in [0.15, 0.2) is 57.5 Å². The van der Waals surface area contributed by atoms with E-state index in [1.807, 2.05) is 37.3 Å². The maximum atomic E-state index is 5.49. The monoisotopic (exact) mass is 486 g/mol. The predicted molar refractivity (Wildman–Crippen MR) is 122 cm³/mol. The molecule has 29 heavy (non-hydrogen) atoms. The molecule has 0 saturated heterocycles. The fourth-order valence-corrected chi connectivity index (χ4v) is 5.20. The summed E-state index contributed by atoms with van der Waals surface area (Å²) in [6.45, 7) is 4.07. The van der Waals surface area contributed by atoms with Crippen molar-refractivity contribution in [1.82, 2.24) is 19.7 Å². The Balaban J connectivity index is 1.57. The molecule has 0 aliphatic rings. The van der Waals surface area contributed by atoms with Crippen molar-refractivity contribution in [2.75, 3.05) is 7.11 Å². The molecule has 0 aliphatic heterocycles. The van der Waals surface area contributed by atoms with E-state index in [2.05, 4.69) is 55.1 Å². The van der Waals surface area contributed by atoms with E-state index in [4.69, 9.17) is 9.72 Å². The van der Waals surface area contributed by atoms with Crippen LogP contribution in [0, 0.1) is 13.8 Å². The number of benzene rings is 2. The van der Waals surface area contributed by atoms with Crippen LogP contribution in [0.5, 0.6) is 5.75 Å². The van der Waals surface area contributed by atoms with Gasteiger partial charge in [-0.15, -0.1) is 21.5 Å². The number of rotatable bonds is 6. The lowest BCUT2D eigenvalue weighted by molar-refractivity contribution is 0.416. The van der Waals surface area contributed by atoms with Gasteiger partial charge in [0, 0.05) is 15.6 Å². The summed E-state index contributed by atoms with van der Waals surface area (Å²) in [5.41, 5.74) is 4.29. The fraction of sp³-hybridized carbons (Fsp3) is 0.190. The van der Waals surface area contributed by atoms with Crippen LogP contribution in [0.1, 0.15) is 17.1 Å². The molecule has 2 aromatic heterocycles. The highest BCUT2D eigenvalue weighted by molar-refractivity contribution is 9.10. The quantitative estimate of drug-likeness (QED) is 0.309. The summed E-state index contributed by atoms with van der Waals surface area (Å²) < 4.78 is 8.59. The van der Waals surface area contributed by atoms with Crippen molar-refractivity contribution in [3.05, 3.63) is 69.4 Å². The van der Waals surface area contributed by atoms with E-state index in [0.717, 1.165) is 48.9 Å². The topological polar surface area (TPSA) is 52.8 Å². The molecule has 0 saturated carbocycles. The van der Waals surface area contributed by atoms with Crippen molar-refractivity contribution < 1.29 is 4.74 Å². The van der Waals surface area contributed by atoms with Gasteiger partial charge >= 0.3 is 0 Å². The van der Waals surface area contributed by atoms with Crippen LogP contribution in [-0.4, -0.2) is 26.9 Å². The number of hydrogen-bond donors (Lipinski definition) is 0. The number of para-hydroxylation sites is 1. The van der Waals surface area contributed by atoms with Crippen LogP contribution >= 0.6 is 39.0 Å². The van der Waals surface area contributed by atoms with E-state index in [0.29, 0.717) is 0 Å². The first-order valence-electron chi connectivity index (χ1n) is 8.96. The zero-order chi connectivity index (χ0) is 20.4. The summed E-state index contributed by atoms with van der Waals surface area (Å²) in [4.78, 5) is 4.81. The summed E-state index contributed by atoms with van der Waals surface area (Å²) in [6, 6.07) is 14.2. The number of methoxy groups -OCH3 is 1. The molecule has 0 atom stereocenters. The van der Waals surface area contributed by atoms with Crippen molar-refractivity contribution in [1.29, 1.82) is 0 Å². The van der Waals surface area contributed by atoms with Crippen LogP contribution < -0.4 is 4.74 Å². The zero-order valence-electron chi connectivity index (χ0n) is 16.2. The largest absolute Gasteiger partial charge is 0.496 e. The SMILES string of the molecule is COc1ccc(Br)cc1-c1nc(CSc2nnc(C)n2-c2ccccc2C)cs1. The minimum atomic E-state index is 0.719. The van der Waals surface area contributed by atoms with Crippen LogP contribution in [0.4, 0.5) is 0 Å². The van der Waals surface area contributed by atoms with Crippen molar-refractivity contribution in [3.63, 3.8) is 0 Å². The van der Waals surface area contributed by atoms with Crippen molar-refractivity contribution in [3.8, 4) is 22.0 Å². The lowest BCUT2D eigenvalue weighted by Crippen LogP contribution is -2.01. The standard InChI is InChI=1S/C21H19BrN4OS2/c1-13-6-4-5-7-18(13)26-14(2)24-25-21(26)29-12-16-11-28-20(23-16)17-10-15(22)8-9-19(17)27-3/h4-11H,12H2,1-3H3. The number of thiazole rings is 1. The highest BCUT2D eigenvalue weighted by Crippen LogP contribution is 2.35. The number of aryl methyl sites for hydroxylation is 2. The van der Waals surface area contributed by atoms with E-state index in [9.17, 15) is 0 Å². The second-order valence-electron chi connectivity index (χ2n) is 6.43.